The SMILES string of the molecule is CC(C)[C@H](N)C(=O)O[C@H]1[C@H](c2ccc3c(N)ncnn23)O[C@](C)(CO[P@@](=O)(N[C@@H](C)C(=O)OC2CCCCC2)Oc2ccccc2)[C@H]1OC(=O)[C@@H](N)C(C)C. The van der Waals surface area contributed by atoms with Crippen LogP contribution in [0.2, 0.25) is 0 Å². The number of nitrogen functional groups attached to an aromatic ring is 1. The van der Waals surface area contributed by atoms with Crippen molar-refractivity contribution in [3.8, 4) is 5.75 Å². The maximum atomic E-state index is 14.7. The summed E-state index contributed by atoms with van der Waals surface area (Å²) in [7, 11) is -4.46. The lowest BCUT2D eigenvalue weighted by atomic mass is 9.95. The van der Waals surface area contributed by atoms with Crippen LogP contribution in [-0.4, -0.2) is 81.2 Å². The van der Waals surface area contributed by atoms with Crippen molar-refractivity contribution in [2.45, 2.75) is 122 Å². The van der Waals surface area contributed by atoms with Gasteiger partial charge < -0.3 is 40.7 Å². The molecule has 0 spiro atoms. The highest BCUT2D eigenvalue weighted by atomic mass is 31.2. The highest BCUT2D eigenvalue weighted by Gasteiger charge is 2.59. The summed E-state index contributed by atoms with van der Waals surface area (Å²) < 4.78 is 52.7. The summed E-state index contributed by atoms with van der Waals surface area (Å²) in [5.41, 5.74) is 17.7. The molecule has 302 valence electrons. The second-order valence-corrected chi connectivity index (χ2v) is 16.8. The van der Waals surface area contributed by atoms with Crippen LogP contribution in [0.25, 0.3) is 5.52 Å². The zero-order valence-corrected chi connectivity index (χ0v) is 33.1. The van der Waals surface area contributed by atoms with Gasteiger partial charge in [-0.15, -0.1) is 0 Å². The fourth-order valence-corrected chi connectivity index (χ4v) is 7.99. The molecule has 0 amide bonds. The number of esters is 3. The molecular formula is C37H54N7O10P. The number of aromatic nitrogens is 3. The van der Waals surface area contributed by atoms with Crippen molar-refractivity contribution in [3.63, 3.8) is 0 Å². The normalized spacial score (nSPS) is 24.6. The fourth-order valence-electron chi connectivity index (χ4n) is 6.40. The van der Waals surface area contributed by atoms with Gasteiger partial charge in [-0.05, 0) is 75.6 Å². The van der Waals surface area contributed by atoms with Gasteiger partial charge in [0, 0.05) is 0 Å². The molecule has 7 N–H and O–H groups in total. The number of carbonyl (C=O) groups is 3. The molecule has 2 aliphatic rings. The van der Waals surface area contributed by atoms with Gasteiger partial charge >= 0.3 is 25.7 Å². The molecule has 1 aliphatic heterocycles. The van der Waals surface area contributed by atoms with Crippen LogP contribution in [0.5, 0.6) is 5.75 Å². The molecule has 3 heterocycles. The minimum absolute atomic E-state index is 0.174. The Morgan fingerprint density at radius 3 is 2.20 bits per heavy atom. The first-order valence-electron chi connectivity index (χ1n) is 18.7. The Morgan fingerprint density at radius 2 is 1.56 bits per heavy atom. The predicted octanol–water partition coefficient (Wildman–Crippen LogP) is 3.99. The highest BCUT2D eigenvalue weighted by molar-refractivity contribution is 7.52. The summed E-state index contributed by atoms with van der Waals surface area (Å²) >= 11 is 0. The number of ether oxygens (including phenoxy) is 4. The number of carbonyl (C=O) groups excluding carboxylic acids is 3. The summed E-state index contributed by atoms with van der Waals surface area (Å²) in [6, 6.07) is 8.34. The molecule has 17 nitrogen and oxygen atoms in total. The average molecular weight is 788 g/mol. The van der Waals surface area contributed by atoms with E-state index in [2.05, 4.69) is 15.2 Å². The standard InChI is InChI=1S/C37H54N7O10P/c1-21(2)28(38)35(46)51-31-30(26-17-18-27-33(40)41-20-42-44(26)27)53-37(6,32(31)52-36(47)29(39)22(3)4)19-49-55(48,54-25-15-11-8-12-16-25)43-23(5)34(45)50-24-13-9-7-10-14-24/h8,11-12,15-18,20-24,28-32H,7,9-10,13-14,19,38-39H2,1-6H3,(H,43,48)(H2,40,41,42)/t23-,28-,29-,30-,31-,32-,37+,55-/m0/s1. The predicted molar refractivity (Wildman–Crippen MR) is 201 cm³/mol. The Balaban J connectivity index is 1.52. The van der Waals surface area contributed by atoms with Crippen LogP contribution in [0.1, 0.15) is 85.4 Å². The molecule has 18 heteroatoms. The maximum absolute atomic E-state index is 14.7. The van der Waals surface area contributed by atoms with E-state index in [0.29, 0.717) is 11.2 Å². The Kier molecular flexibility index (Phi) is 13.6. The van der Waals surface area contributed by atoms with Crippen LogP contribution in [-0.2, 0) is 42.4 Å². The Labute approximate surface area is 320 Å². The minimum Gasteiger partial charge on any atom is -0.461 e. The van der Waals surface area contributed by atoms with Crippen LogP contribution in [0.4, 0.5) is 5.82 Å². The third-order valence-electron chi connectivity index (χ3n) is 9.90. The van der Waals surface area contributed by atoms with E-state index in [4.69, 9.17) is 45.2 Å². The van der Waals surface area contributed by atoms with Crippen molar-refractivity contribution in [2.75, 3.05) is 12.3 Å². The Hall–Kier alpha value is -4.12. The van der Waals surface area contributed by atoms with Crippen LogP contribution >= 0.6 is 7.75 Å². The third kappa shape index (κ3) is 10.0. The molecule has 1 saturated heterocycles. The molecule has 8 atom stereocenters. The molecule has 2 aromatic heterocycles. The topological polar surface area (TPSA) is 244 Å². The summed E-state index contributed by atoms with van der Waals surface area (Å²) in [5.74, 6) is -2.49. The Bertz CT molecular complexity index is 1840. The second-order valence-electron chi connectivity index (χ2n) is 15.1. The molecule has 0 unspecified atom stereocenters. The van der Waals surface area contributed by atoms with Crippen molar-refractivity contribution in [1.82, 2.24) is 19.7 Å². The quantitative estimate of drug-likeness (QED) is 0.0911. The first-order valence-corrected chi connectivity index (χ1v) is 20.2. The average Bonchev–Trinajstić information content (AvgIpc) is 3.70. The number of rotatable bonds is 16. The smallest absolute Gasteiger partial charge is 0.459 e. The van der Waals surface area contributed by atoms with Crippen molar-refractivity contribution in [1.29, 1.82) is 0 Å². The number of nitrogens with two attached hydrogens (primary N) is 3. The van der Waals surface area contributed by atoms with E-state index in [9.17, 15) is 18.9 Å². The summed E-state index contributed by atoms with van der Waals surface area (Å²) in [6.07, 6.45) is 1.53. The summed E-state index contributed by atoms with van der Waals surface area (Å²) in [4.78, 5) is 44.4. The van der Waals surface area contributed by atoms with E-state index in [1.807, 2.05) is 0 Å². The number of para-hydroxylation sites is 1. The van der Waals surface area contributed by atoms with E-state index in [1.54, 1.807) is 77.1 Å². The van der Waals surface area contributed by atoms with Gasteiger partial charge in [-0.3, -0.25) is 18.9 Å². The van der Waals surface area contributed by atoms with Gasteiger partial charge in [0.25, 0.3) is 0 Å². The van der Waals surface area contributed by atoms with Gasteiger partial charge in [0.05, 0.1) is 12.3 Å². The molecule has 5 rings (SSSR count). The largest absolute Gasteiger partial charge is 0.461 e. The Morgan fingerprint density at radius 1 is 0.927 bits per heavy atom. The molecule has 0 bridgehead atoms. The van der Waals surface area contributed by atoms with Gasteiger partial charge in [-0.25, -0.2) is 14.1 Å². The van der Waals surface area contributed by atoms with Crippen molar-refractivity contribution in [3.05, 3.63) is 54.5 Å². The number of benzene rings is 1. The zero-order valence-electron chi connectivity index (χ0n) is 32.2. The number of nitrogens with zero attached hydrogens (tertiary/aromatic N) is 3. The van der Waals surface area contributed by atoms with Crippen molar-refractivity contribution in [2.24, 2.45) is 23.3 Å². The molecule has 1 aliphatic carbocycles. The van der Waals surface area contributed by atoms with Crippen molar-refractivity contribution >= 4 is 37.0 Å². The summed E-state index contributed by atoms with van der Waals surface area (Å²) in [5, 5.41) is 7.05. The minimum atomic E-state index is -4.46. The number of hydrogen-bond donors (Lipinski definition) is 4. The van der Waals surface area contributed by atoms with Gasteiger partial charge in [-0.1, -0.05) is 52.3 Å². The van der Waals surface area contributed by atoms with Crippen LogP contribution in [0.3, 0.4) is 0 Å². The van der Waals surface area contributed by atoms with Crippen LogP contribution < -0.4 is 26.8 Å². The van der Waals surface area contributed by atoms with Gasteiger partial charge in [0.15, 0.2) is 18.0 Å². The third-order valence-corrected chi connectivity index (χ3v) is 11.5. The number of hydrogen-bond acceptors (Lipinski definition) is 15. The monoisotopic (exact) mass is 787 g/mol. The molecular weight excluding hydrogens is 733 g/mol. The summed E-state index contributed by atoms with van der Waals surface area (Å²) in [6.45, 7) is 9.48. The lowest BCUT2D eigenvalue weighted by Crippen LogP contribution is -2.52. The highest BCUT2D eigenvalue weighted by Crippen LogP contribution is 2.50. The molecule has 2 fully saturated rings. The lowest BCUT2D eigenvalue weighted by molar-refractivity contribution is -0.174. The van der Waals surface area contributed by atoms with Gasteiger partial charge in [0.2, 0.25) is 0 Å². The molecule has 55 heavy (non-hydrogen) atoms. The number of nitrogens with one attached hydrogen (secondary N) is 1. The van der Waals surface area contributed by atoms with Gasteiger partial charge in [0.1, 0.15) is 53.5 Å². The maximum Gasteiger partial charge on any atom is 0.459 e. The molecule has 3 aromatic rings. The van der Waals surface area contributed by atoms with Crippen molar-refractivity contribution < 1.29 is 46.9 Å². The zero-order chi connectivity index (χ0) is 40.1. The van der Waals surface area contributed by atoms with E-state index in [0.717, 1.165) is 32.1 Å². The van der Waals surface area contributed by atoms with Crippen LogP contribution in [0, 0.1) is 11.8 Å². The second kappa shape index (κ2) is 17.8. The van der Waals surface area contributed by atoms with E-state index in [1.165, 1.54) is 17.8 Å². The first-order chi connectivity index (χ1) is 26.0. The van der Waals surface area contributed by atoms with Crippen LogP contribution in [0.15, 0.2) is 48.8 Å². The van der Waals surface area contributed by atoms with E-state index < -0.39 is 74.3 Å². The lowest BCUT2D eigenvalue weighted by Gasteiger charge is -2.33. The van der Waals surface area contributed by atoms with E-state index >= 15 is 0 Å². The molecule has 1 aromatic carbocycles. The van der Waals surface area contributed by atoms with Gasteiger partial charge in [-0.2, -0.15) is 10.2 Å². The number of fused-ring (bicyclic) bond motifs is 1. The number of anilines is 1. The molecule has 0 radical (unpaired) electrons. The first kappa shape index (κ1) is 42.0. The van der Waals surface area contributed by atoms with E-state index in [-0.39, 0.29) is 29.5 Å². The molecule has 1 saturated carbocycles. The fraction of sp³-hybridized carbons (Fsp3) is 0.595.